The van der Waals surface area contributed by atoms with E-state index in [-0.39, 0.29) is 18.1 Å². The van der Waals surface area contributed by atoms with Crippen LogP contribution in [0.25, 0.3) is 0 Å². The summed E-state index contributed by atoms with van der Waals surface area (Å²) >= 11 is 0. The zero-order chi connectivity index (χ0) is 16.9. The zero-order valence-corrected chi connectivity index (χ0v) is 14.3. The number of hydrogen-bond acceptors (Lipinski definition) is 3. The Morgan fingerprint density at radius 1 is 1.26 bits per heavy atom. The van der Waals surface area contributed by atoms with Gasteiger partial charge in [-0.3, -0.25) is 0 Å². The molecule has 23 heavy (non-hydrogen) atoms. The van der Waals surface area contributed by atoms with Crippen molar-refractivity contribution in [3.8, 4) is 5.75 Å². The number of urea groups is 1. The molecule has 2 rings (SSSR count). The second-order valence-corrected chi connectivity index (χ2v) is 7.07. The van der Waals surface area contributed by atoms with E-state index in [1.54, 1.807) is 7.11 Å². The number of amides is 2. The third-order valence-corrected chi connectivity index (χ3v) is 4.80. The molecule has 0 aliphatic heterocycles. The molecule has 0 radical (unpaired) electrons. The molecule has 0 saturated heterocycles. The normalized spacial score (nSPS) is 16.9. The highest BCUT2D eigenvalue weighted by molar-refractivity contribution is 5.75. The molecule has 1 fully saturated rings. The van der Waals surface area contributed by atoms with Crippen LogP contribution in [0.3, 0.4) is 0 Å². The predicted molar refractivity (Wildman–Crippen MR) is 90.8 cm³/mol. The van der Waals surface area contributed by atoms with Gasteiger partial charge in [0.1, 0.15) is 5.75 Å². The lowest BCUT2D eigenvalue weighted by molar-refractivity contribution is 0.162. The Kier molecular flexibility index (Phi) is 5.52. The predicted octanol–water partition coefficient (Wildman–Crippen LogP) is 2.58. The first-order chi connectivity index (χ1) is 10.9. The van der Waals surface area contributed by atoms with Crippen molar-refractivity contribution in [1.29, 1.82) is 0 Å². The summed E-state index contributed by atoms with van der Waals surface area (Å²) in [5.41, 5.74) is 0.511. The molecule has 3 N–H and O–H groups in total. The molecule has 0 heterocycles. The van der Waals surface area contributed by atoms with Gasteiger partial charge in [-0.15, -0.1) is 0 Å². The van der Waals surface area contributed by atoms with Crippen LogP contribution < -0.4 is 15.4 Å². The molecule has 0 atom stereocenters. The number of rotatable bonds is 6. The molecule has 1 aromatic carbocycles. The van der Waals surface area contributed by atoms with Gasteiger partial charge < -0.3 is 20.5 Å². The van der Waals surface area contributed by atoms with Gasteiger partial charge in [0.15, 0.2) is 0 Å². The van der Waals surface area contributed by atoms with Crippen molar-refractivity contribution >= 4 is 6.03 Å². The SMILES string of the molecule is COc1ccc(C(C)(C)CNC(=O)NC2(CO)CCCC2)cc1. The van der Waals surface area contributed by atoms with E-state index in [0.29, 0.717) is 6.54 Å². The van der Waals surface area contributed by atoms with Gasteiger partial charge in [0.05, 0.1) is 19.3 Å². The fourth-order valence-electron chi connectivity index (χ4n) is 3.10. The van der Waals surface area contributed by atoms with Crippen LogP contribution in [0.2, 0.25) is 0 Å². The van der Waals surface area contributed by atoms with Crippen molar-refractivity contribution in [1.82, 2.24) is 10.6 Å². The summed E-state index contributed by atoms with van der Waals surface area (Å²) in [6, 6.07) is 7.68. The van der Waals surface area contributed by atoms with Crippen LogP contribution in [0.15, 0.2) is 24.3 Å². The van der Waals surface area contributed by atoms with Crippen molar-refractivity contribution in [2.75, 3.05) is 20.3 Å². The number of carbonyl (C=O) groups is 1. The number of ether oxygens (including phenoxy) is 1. The minimum atomic E-state index is -0.436. The van der Waals surface area contributed by atoms with Crippen LogP contribution in [0.4, 0.5) is 4.79 Å². The van der Waals surface area contributed by atoms with Gasteiger partial charge in [-0.25, -0.2) is 4.79 Å². The number of aliphatic hydroxyl groups is 1. The van der Waals surface area contributed by atoms with E-state index in [1.807, 2.05) is 24.3 Å². The molecule has 0 bridgehead atoms. The molecule has 1 aliphatic rings. The van der Waals surface area contributed by atoms with Crippen molar-refractivity contribution < 1.29 is 14.6 Å². The summed E-state index contributed by atoms with van der Waals surface area (Å²) in [5, 5.41) is 15.5. The van der Waals surface area contributed by atoms with Crippen LogP contribution in [-0.4, -0.2) is 36.9 Å². The summed E-state index contributed by atoms with van der Waals surface area (Å²) in [6.45, 7) is 4.70. The van der Waals surface area contributed by atoms with Crippen LogP contribution in [0.1, 0.15) is 45.1 Å². The summed E-state index contributed by atoms with van der Waals surface area (Å²) in [5.74, 6) is 0.821. The van der Waals surface area contributed by atoms with Crippen molar-refractivity contribution in [3.05, 3.63) is 29.8 Å². The third kappa shape index (κ3) is 4.38. The highest BCUT2D eigenvalue weighted by Crippen LogP contribution is 2.29. The highest BCUT2D eigenvalue weighted by Gasteiger charge is 2.35. The molecule has 0 aromatic heterocycles. The van der Waals surface area contributed by atoms with Gasteiger partial charge in [0.25, 0.3) is 0 Å². The van der Waals surface area contributed by atoms with Crippen molar-refractivity contribution in [2.45, 2.75) is 50.5 Å². The molecule has 5 nitrogen and oxygen atoms in total. The van der Waals surface area contributed by atoms with E-state index in [9.17, 15) is 9.90 Å². The second-order valence-electron chi connectivity index (χ2n) is 7.07. The Labute approximate surface area is 138 Å². The monoisotopic (exact) mass is 320 g/mol. The molecular formula is C18H28N2O3. The smallest absolute Gasteiger partial charge is 0.315 e. The van der Waals surface area contributed by atoms with Gasteiger partial charge in [0.2, 0.25) is 0 Å². The van der Waals surface area contributed by atoms with E-state index in [2.05, 4.69) is 24.5 Å². The van der Waals surface area contributed by atoms with Gasteiger partial charge in [0, 0.05) is 12.0 Å². The Balaban J connectivity index is 1.91. The minimum Gasteiger partial charge on any atom is -0.497 e. The number of aliphatic hydroxyl groups excluding tert-OH is 1. The number of hydrogen-bond donors (Lipinski definition) is 3. The van der Waals surface area contributed by atoms with E-state index >= 15 is 0 Å². The Bertz CT molecular complexity index is 520. The maximum Gasteiger partial charge on any atom is 0.315 e. The average Bonchev–Trinajstić information content (AvgIpc) is 3.02. The number of benzene rings is 1. The zero-order valence-electron chi connectivity index (χ0n) is 14.3. The van der Waals surface area contributed by atoms with E-state index in [0.717, 1.165) is 37.0 Å². The summed E-state index contributed by atoms with van der Waals surface area (Å²) < 4.78 is 5.17. The fraction of sp³-hybridized carbons (Fsp3) is 0.611. The molecule has 0 spiro atoms. The Hall–Kier alpha value is -1.75. The third-order valence-electron chi connectivity index (χ3n) is 4.80. The standard InChI is InChI=1S/C18H28N2O3/c1-17(2,14-6-8-15(23-3)9-7-14)12-19-16(22)20-18(13-21)10-4-5-11-18/h6-9,21H,4-5,10-13H2,1-3H3,(H2,19,20,22). The van der Waals surface area contributed by atoms with Gasteiger partial charge in [-0.2, -0.15) is 0 Å². The lowest BCUT2D eigenvalue weighted by Crippen LogP contribution is -2.54. The first-order valence-electron chi connectivity index (χ1n) is 8.22. The molecule has 2 amide bonds. The van der Waals surface area contributed by atoms with Crippen molar-refractivity contribution in [2.24, 2.45) is 0 Å². The Morgan fingerprint density at radius 2 is 1.87 bits per heavy atom. The molecule has 5 heteroatoms. The maximum absolute atomic E-state index is 12.2. The number of nitrogens with one attached hydrogen (secondary N) is 2. The summed E-state index contributed by atoms with van der Waals surface area (Å²) in [6.07, 6.45) is 3.80. The largest absolute Gasteiger partial charge is 0.497 e. The maximum atomic E-state index is 12.2. The number of carbonyl (C=O) groups excluding carboxylic acids is 1. The minimum absolute atomic E-state index is 0.00227. The topological polar surface area (TPSA) is 70.6 Å². The summed E-state index contributed by atoms with van der Waals surface area (Å²) in [7, 11) is 1.64. The highest BCUT2D eigenvalue weighted by atomic mass is 16.5. The van der Waals surface area contributed by atoms with Gasteiger partial charge >= 0.3 is 6.03 Å². The van der Waals surface area contributed by atoms with Crippen LogP contribution in [0.5, 0.6) is 5.75 Å². The molecule has 1 aliphatic carbocycles. The van der Waals surface area contributed by atoms with Crippen LogP contribution >= 0.6 is 0 Å². The van der Waals surface area contributed by atoms with Crippen LogP contribution in [-0.2, 0) is 5.41 Å². The van der Waals surface area contributed by atoms with E-state index < -0.39 is 5.54 Å². The van der Waals surface area contributed by atoms with Crippen LogP contribution in [0, 0.1) is 0 Å². The summed E-state index contributed by atoms with van der Waals surface area (Å²) in [4.78, 5) is 12.2. The molecule has 128 valence electrons. The van der Waals surface area contributed by atoms with Gasteiger partial charge in [-0.05, 0) is 30.5 Å². The van der Waals surface area contributed by atoms with E-state index in [1.165, 1.54) is 0 Å². The number of methoxy groups -OCH3 is 1. The fourth-order valence-corrected chi connectivity index (χ4v) is 3.10. The Morgan fingerprint density at radius 3 is 2.39 bits per heavy atom. The van der Waals surface area contributed by atoms with Gasteiger partial charge in [-0.1, -0.05) is 38.8 Å². The molecule has 1 saturated carbocycles. The molecule has 0 unspecified atom stereocenters. The van der Waals surface area contributed by atoms with E-state index in [4.69, 9.17) is 4.74 Å². The van der Waals surface area contributed by atoms with Crippen molar-refractivity contribution in [3.63, 3.8) is 0 Å². The second kappa shape index (κ2) is 7.21. The lowest BCUT2D eigenvalue weighted by atomic mass is 9.84. The molecule has 1 aromatic rings. The first kappa shape index (κ1) is 17.6. The first-order valence-corrected chi connectivity index (χ1v) is 8.22. The lowest BCUT2D eigenvalue weighted by Gasteiger charge is -2.30. The average molecular weight is 320 g/mol. The quantitative estimate of drug-likeness (QED) is 0.754. The molecular weight excluding hydrogens is 292 g/mol.